The van der Waals surface area contributed by atoms with Crippen LogP contribution in [0.3, 0.4) is 0 Å². The third-order valence-electron chi connectivity index (χ3n) is 4.67. The van der Waals surface area contributed by atoms with Gasteiger partial charge in [0.15, 0.2) is 0 Å². The zero-order valence-electron chi connectivity index (χ0n) is 17.3. The van der Waals surface area contributed by atoms with Crippen LogP contribution in [0.1, 0.15) is 68.2 Å². The Kier molecular flexibility index (Phi) is 12.8. The molecule has 0 aromatic heterocycles. The molecule has 0 saturated carbocycles. The summed E-state index contributed by atoms with van der Waals surface area (Å²) in [5, 5.41) is 0. The Morgan fingerprint density at radius 1 is 0.435 bits per heavy atom. The van der Waals surface area contributed by atoms with E-state index in [0.717, 1.165) is 39.3 Å². The molecular weight excluding hydrogens is 303 g/mol. The van der Waals surface area contributed by atoms with Crippen molar-refractivity contribution in [1.29, 1.82) is 0 Å². The fourth-order valence-corrected chi connectivity index (χ4v) is 9.14. The Bertz CT molecular complexity index is 239. The summed E-state index contributed by atoms with van der Waals surface area (Å²) in [6, 6.07) is 0. The monoisotopic (exact) mass is 347 g/mol. The van der Waals surface area contributed by atoms with Gasteiger partial charge in [-0.15, -0.1) is 18.7 Å². The first-order valence-electron chi connectivity index (χ1n) is 9.99. The Labute approximate surface area is 147 Å². The van der Waals surface area contributed by atoms with E-state index in [9.17, 15) is 0 Å². The Hall–Kier alpha value is 0.270. The number of hydrogen-bond acceptors (Lipinski definition) is 4. The molecule has 0 spiro atoms. The van der Waals surface area contributed by atoms with Gasteiger partial charge >= 0.3 is 7.87 Å². The highest BCUT2D eigenvalue weighted by Crippen LogP contribution is 2.69. The van der Waals surface area contributed by atoms with E-state index in [1.807, 2.05) is 0 Å². The minimum Gasteiger partial charge on any atom is -0.134 e. The lowest BCUT2D eigenvalue weighted by molar-refractivity contribution is 0.253. The minimum absolute atomic E-state index is 1.13. The molecule has 0 aliphatic carbocycles. The Balaban J connectivity index is 6.27. The molecule has 0 N–H and O–H groups in total. The van der Waals surface area contributed by atoms with E-state index in [1.54, 1.807) is 0 Å². The first kappa shape index (κ1) is 23.3. The number of nitrogens with zero attached hydrogens (tertiary/aromatic N) is 4. The molecule has 5 heteroatoms. The van der Waals surface area contributed by atoms with Crippen molar-refractivity contribution in [2.75, 3.05) is 52.4 Å². The second kappa shape index (κ2) is 12.6. The van der Waals surface area contributed by atoms with Crippen molar-refractivity contribution in [2.45, 2.75) is 68.2 Å². The highest BCUT2D eigenvalue weighted by atomic mass is 31.2. The van der Waals surface area contributed by atoms with Gasteiger partial charge in [0, 0.05) is 52.4 Å². The molecule has 0 bridgehead atoms. The molecule has 0 rings (SSSR count). The van der Waals surface area contributed by atoms with Crippen molar-refractivity contribution in [3.05, 3.63) is 0 Å². The van der Waals surface area contributed by atoms with E-state index in [0.29, 0.717) is 0 Å². The quantitative estimate of drug-likeness (QED) is 0.418. The standard InChI is InChI=1S/C18H44N4P/c1-9-17-22(18-10-2)23(19(11-3)12-4,20(13-5)14-6)21(15-7)16-8/h9-18H2,1-8H3/q+1. The summed E-state index contributed by atoms with van der Waals surface area (Å²) in [5.41, 5.74) is 0. The molecule has 0 aromatic rings. The second-order valence-corrected chi connectivity index (χ2v) is 9.24. The van der Waals surface area contributed by atoms with E-state index >= 15 is 0 Å². The van der Waals surface area contributed by atoms with Crippen LogP contribution in [0.4, 0.5) is 0 Å². The predicted molar refractivity (Wildman–Crippen MR) is 108 cm³/mol. The van der Waals surface area contributed by atoms with Crippen molar-refractivity contribution in [3.63, 3.8) is 0 Å². The van der Waals surface area contributed by atoms with Gasteiger partial charge in [-0.25, -0.2) is 0 Å². The highest BCUT2D eigenvalue weighted by molar-refractivity contribution is 7.66. The maximum absolute atomic E-state index is 2.85. The summed E-state index contributed by atoms with van der Waals surface area (Å²) < 4.78 is 11.2. The van der Waals surface area contributed by atoms with E-state index in [-0.39, 0.29) is 0 Å². The topological polar surface area (TPSA) is 13.0 Å². The summed E-state index contributed by atoms with van der Waals surface area (Å²) in [5.74, 6) is 0. The maximum atomic E-state index is 2.85. The molecule has 0 fully saturated rings. The van der Waals surface area contributed by atoms with Crippen LogP contribution in [0.25, 0.3) is 0 Å². The molecule has 0 aliphatic heterocycles. The van der Waals surface area contributed by atoms with Crippen molar-refractivity contribution in [2.24, 2.45) is 0 Å². The summed E-state index contributed by atoms with van der Waals surface area (Å²) in [4.78, 5) is 0. The molecule has 0 saturated heterocycles. The van der Waals surface area contributed by atoms with Gasteiger partial charge in [-0.3, -0.25) is 0 Å². The van der Waals surface area contributed by atoms with Gasteiger partial charge in [-0.05, 0) is 54.4 Å². The van der Waals surface area contributed by atoms with Crippen LogP contribution in [0.15, 0.2) is 0 Å². The Morgan fingerprint density at radius 2 is 0.696 bits per heavy atom. The lowest BCUT2D eigenvalue weighted by Crippen LogP contribution is -2.53. The molecule has 0 aliphatic rings. The van der Waals surface area contributed by atoms with Crippen LogP contribution >= 0.6 is 7.87 Å². The van der Waals surface area contributed by atoms with Crippen LogP contribution in [0, 0.1) is 0 Å². The van der Waals surface area contributed by atoms with Gasteiger partial charge in [0.1, 0.15) is 0 Å². The molecule has 140 valence electrons. The zero-order chi connectivity index (χ0) is 17.9. The first-order valence-corrected chi connectivity index (χ1v) is 11.6. The van der Waals surface area contributed by atoms with Crippen molar-refractivity contribution in [3.8, 4) is 0 Å². The van der Waals surface area contributed by atoms with Crippen LogP contribution in [-0.4, -0.2) is 71.0 Å². The lowest BCUT2D eigenvalue weighted by Gasteiger charge is -2.50. The van der Waals surface area contributed by atoms with Gasteiger partial charge < -0.3 is 0 Å². The molecule has 0 heterocycles. The fourth-order valence-electron chi connectivity index (χ4n) is 3.78. The number of rotatable bonds is 14. The molecule has 0 radical (unpaired) electrons. The minimum atomic E-state index is -1.64. The number of hydrogen-bond donors (Lipinski definition) is 0. The van der Waals surface area contributed by atoms with E-state index < -0.39 is 7.87 Å². The largest absolute Gasteiger partial charge is 0.308 e. The fraction of sp³-hybridized carbons (Fsp3) is 1.00. The van der Waals surface area contributed by atoms with Crippen LogP contribution < -0.4 is 0 Å². The zero-order valence-corrected chi connectivity index (χ0v) is 18.2. The molecule has 23 heavy (non-hydrogen) atoms. The lowest BCUT2D eigenvalue weighted by atomic mass is 10.4. The highest BCUT2D eigenvalue weighted by Gasteiger charge is 2.58. The molecule has 0 atom stereocenters. The average molecular weight is 348 g/mol. The normalized spacial score (nSPS) is 13.0. The summed E-state index contributed by atoms with van der Waals surface area (Å²) in [6.45, 7) is 27.8. The van der Waals surface area contributed by atoms with E-state index in [4.69, 9.17) is 0 Å². The van der Waals surface area contributed by atoms with Crippen molar-refractivity contribution in [1.82, 2.24) is 18.7 Å². The summed E-state index contributed by atoms with van der Waals surface area (Å²) in [7, 11) is -1.64. The first-order chi connectivity index (χ1) is 11.1. The van der Waals surface area contributed by atoms with Crippen molar-refractivity contribution < 1.29 is 0 Å². The molecule has 0 amide bonds. The molecule has 0 unspecified atom stereocenters. The summed E-state index contributed by atoms with van der Waals surface area (Å²) >= 11 is 0. The van der Waals surface area contributed by atoms with Crippen molar-refractivity contribution >= 4 is 7.87 Å². The van der Waals surface area contributed by atoms with Crippen LogP contribution in [-0.2, 0) is 0 Å². The predicted octanol–water partition coefficient (Wildman–Crippen LogP) is 4.81. The molecular formula is C18H44N4P+. The second-order valence-electron chi connectivity index (χ2n) is 5.91. The van der Waals surface area contributed by atoms with Gasteiger partial charge in [-0.1, -0.05) is 13.8 Å². The maximum Gasteiger partial charge on any atom is 0.308 e. The third kappa shape index (κ3) is 5.12. The van der Waals surface area contributed by atoms with E-state index in [1.165, 1.54) is 25.9 Å². The Morgan fingerprint density at radius 3 is 0.870 bits per heavy atom. The average Bonchev–Trinajstić information content (AvgIpc) is 2.57. The van der Waals surface area contributed by atoms with Gasteiger partial charge in [0.05, 0.1) is 0 Å². The van der Waals surface area contributed by atoms with E-state index in [2.05, 4.69) is 74.1 Å². The van der Waals surface area contributed by atoms with Crippen LogP contribution in [0.2, 0.25) is 0 Å². The SMILES string of the molecule is CCCN(CCC)[P+](N(CC)CC)(N(CC)CC)N(CC)CC. The van der Waals surface area contributed by atoms with Gasteiger partial charge in [-0.2, -0.15) is 0 Å². The van der Waals surface area contributed by atoms with Gasteiger partial charge in [0.25, 0.3) is 0 Å². The summed E-state index contributed by atoms with van der Waals surface area (Å²) in [6.07, 6.45) is 2.46. The van der Waals surface area contributed by atoms with Crippen LogP contribution in [0.5, 0.6) is 0 Å². The molecule has 4 nitrogen and oxygen atoms in total. The smallest absolute Gasteiger partial charge is 0.134 e. The van der Waals surface area contributed by atoms with Gasteiger partial charge in [0.2, 0.25) is 0 Å². The third-order valence-corrected chi connectivity index (χ3v) is 9.80. The molecule has 0 aromatic carbocycles.